The van der Waals surface area contributed by atoms with Crippen molar-refractivity contribution in [1.82, 2.24) is 4.98 Å². The molecule has 7 heteroatoms. The third-order valence-electron chi connectivity index (χ3n) is 1.96. The van der Waals surface area contributed by atoms with Gasteiger partial charge in [0.25, 0.3) is 0 Å². The maximum atomic E-state index is 11.1. The summed E-state index contributed by atoms with van der Waals surface area (Å²) in [5.74, 6) is -1.22. The molecule has 1 aromatic heterocycles. The van der Waals surface area contributed by atoms with Crippen LogP contribution in [0.5, 0.6) is 0 Å². The van der Waals surface area contributed by atoms with Crippen LogP contribution in [0.2, 0.25) is 0 Å². The van der Waals surface area contributed by atoms with Gasteiger partial charge in [0.2, 0.25) is 0 Å². The molecule has 1 unspecified atom stereocenters. The number of aromatic nitrogens is 1. The van der Waals surface area contributed by atoms with Gasteiger partial charge >= 0.3 is 5.97 Å². The molecule has 0 amide bonds. The lowest BCUT2D eigenvalue weighted by atomic mass is 10.2. The Morgan fingerprint density at radius 2 is 2.24 bits per heavy atom. The van der Waals surface area contributed by atoms with Crippen LogP contribution < -0.4 is 5.32 Å². The highest BCUT2D eigenvalue weighted by atomic mass is 32.2. The van der Waals surface area contributed by atoms with E-state index in [-0.39, 0.29) is 17.5 Å². The van der Waals surface area contributed by atoms with Crippen molar-refractivity contribution in [2.45, 2.75) is 13.0 Å². The van der Waals surface area contributed by atoms with E-state index in [0.29, 0.717) is 5.69 Å². The first-order valence-electron chi connectivity index (χ1n) is 4.92. The molecule has 0 spiro atoms. The summed E-state index contributed by atoms with van der Waals surface area (Å²) >= 11 is 0. The molecule has 1 aromatic rings. The van der Waals surface area contributed by atoms with Crippen molar-refractivity contribution in [2.24, 2.45) is 0 Å². The normalized spacial score (nSPS) is 13.1. The van der Waals surface area contributed by atoms with Gasteiger partial charge in [-0.1, -0.05) is 0 Å². The summed E-state index contributed by atoms with van der Waals surface area (Å²) in [5, 5.41) is 11.7. The van der Waals surface area contributed by atoms with Gasteiger partial charge in [-0.15, -0.1) is 0 Å². The standard InChI is InChI=1S/C10H14N2O4S/c1-7(6-17(2,15)16)12-8-4-3-5-11-9(8)10(13)14/h3-5,7,12H,6H2,1-2H3,(H,13,14). The van der Waals surface area contributed by atoms with Gasteiger partial charge in [0.15, 0.2) is 5.69 Å². The molecule has 2 N–H and O–H groups in total. The molecular weight excluding hydrogens is 244 g/mol. The van der Waals surface area contributed by atoms with Gasteiger partial charge < -0.3 is 10.4 Å². The number of hydrogen-bond donors (Lipinski definition) is 2. The number of carboxylic acid groups (broad SMARTS) is 1. The van der Waals surface area contributed by atoms with Crippen molar-refractivity contribution in [1.29, 1.82) is 0 Å². The Morgan fingerprint density at radius 1 is 1.59 bits per heavy atom. The summed E-state index contributed by atoms with van der Waals surface area (Å²) in [5.41, 5.74) is 0.198. The molecule has 6 nitrogen and oxygen atoms in total. The zero-order valence-corrected chi connectivity index (χ0v) is 10.4. The second kappa shape index (κ2) is 5.13. The number of nitrogens with zero attached hydrogens (tertiary/aromatic N) is 1. The largest absolute Gasteiger partial charge is 0.476 e. The van der Waals surface area contributed by atoms with Crippen LogP contribution >= 0.6 is 0 Å². The molecule has 0 fully saturated rings. The fourth-order valence-corrected chi connectivity index (χ4v) is 2.45. The average molecular weight is 258 g/mol. The Morgan fingerprint density at radius 3 is 2.76 bits per heavy atom. The number of rotatable bonds is 5. The molecule has 0 aromatic carbocycles. The minimum absolute atomic E-state index is 0.0685. The van der Waals surface area contributed by atoms with Gasteiger partial charge in [0, 0.05) is 18.5 Å². The molecule has 1 rings (SSSR count). The smallest absolute Gasteiger partial charge is 0.356 e. The molecule has 0 radical (unpaired) electrons. The van der Waals surface area contributed by atoms with Crippen LogP contribution in [0.4, 0.5) is 5.69 Å². The molecule has 0 bridgehead atoms. The lowest BCUT2D eigenvalue weighted by molar-refractivity contribution is 0.0691. The highest BCUT2D eigenvalue weighted by Crippen LogP contribution is 2.13. The van der Waals surface area contributed by atoms with Crippen molar-refractivity contribution in [3.8, 4) is 0 Å². The predicted molar refractivity (Wildman–Crippen MR) is 64.0 cm³/mol. The summed E-state index contributed by atoms with van der Waals surface area (Å²) in [7, 11) is -3.11. The molecule has 17 heavy (non-hydrogen) atoms. The minimum Gasteiger partial charge on any atom is -0.476 e. The van der Waals surface area contributed by atoms with Gasteiger partial charge in [-0.2, -0.15) is 0 Å². The first-order chi connectivity index (χ1) is 7.79. The van der Waals surface area contributed by atoms with E-state index in [9.17, 15) is 13.2 Å². The van der Waals surface area contributed by atoms with Crippen LogP contribution in [0.3, 0.4) is 0 Å². The third-order valence-corrected chi connectivity index (χ3v) is 3.07. The summed E-state index contributed by atoms with van der Waals surface area (Å²) in [4.78, 5) is 14.6. The maximum absolute atomic E-state index is 11.1. The molecule has 0 aliphatic rings. The van der Waals surface area contributed by atoms with Crippen molar-refractivity contribution < 1.29 is 18.3 Å². The second-order valence-corrected chi connectivity index (χ2v) is 6.03. The van der Waals surface area contributed by atoms with E-state index in [1.54, 1.807) is 19.1 Å². The molecule has 0 aliphatic heterocycles. The van der Waals surface area contributed by atoms with E-state index in [1.165, 1.54) is 6.20 Å². The van der Waals surface area contributed by atoms with Gasteiger partial charge in [-0.05, 0) is 19.1 Å². The minimum atomic E-state index is -3.11. The molecule has 0 saturated carbocycles. The molecule has 0 aliphatic carbocycles. The van der Waals surface area contributed by atoms with Crippen molar-refractivity contribution in [3.05, 3.63) is 24.0 Å². The van der Waals surface area contributed by atoms with Crippen molar-refractivity contribution in [3.63, 3.8) is 0 Å². The number of hydrogen-bond acceptors (Lipinski definition) is 5. The highest BCUT2D eigenvalue weighted by molar-refractivity contribution is 7.90. The number of carbonyl (C=O) groups is 1. The lowest BCUT2D eigenvalue weighted by Gasteiger charge is -2.15. The van der Waals surface area contributed by atoms with Crippen molar-refractivity contribution in [2.75, 3.05) is 17.3 Å². The lowest BCUT2D eigenvalue weighted by Crippen LogP contribution is -2.26. The maximum Gasteiger partial charge on any atom is 0.356 e. The van der Waals surface area contributed by atoms with Gasteiger partial charge in [-0.3, -0.25) is 0 Å². The zero-order valence-electron chi connectivity index (χ0n) is 9.54. The van der Waals surface area contributed by atoms with Crippen molar-refractivity contribution >= 4 is 21.5 Å². The predicted octanol–water partition coefficient (Wildman–Crippen LogP) is 0.625. The number of carboxylic acids is 1. The summed E-state index contributed by atoms with van der Waals surface area (Å²) in [6, 6.07) is 2.75. The van der Waals surface area contributed by atoms with E-state index in [0.717, 1.165) is 6.26 Å². The number of nitrogens with one attached hydrogen (secondary N) is 1. The van der Waals surface area contributed by atoms with Crippen LogP contribution in [0.25, 0.3) is 0 Å². The van der Waals surface area contributed by atoms with Gasteiger partial charge in [0.05, 0.1) is 11.4 Å². The SMILES string of the molecule is CC(CS(C)(=O)=O)Nc1cccnc1C(=O)O. The Bertz CT molecular complexity index is 513. The van der Waals surface area contributed by atoms with E-state index in [4.69, 9.17) is 5.11 Å². The fraction of sp³-hybridized carbons (Fsp3) is 0.400. The monoisotopic (exact) mass is 258 g/mol. The number of anilines is 1. The Hall–Kier alpha value is -1.63. The Kier molecular flexibility index (Phi) is 4.06. The van der Waals surface area contributed by atoms with E-state index >= 15 is 0 Å². The van der Waals surface area contributed by atoms with Crippen LogP contribution in [0, 0.1) is 0 Å². The molecule has 1 heterocycles. The second-order valence-electron chi connectivity index (χ2n) is 3.84. The molecule has 1 atom stereocenters. The quantitative estimate of drug-likeness (QED) is 0.804. The molecule has 94 valence electrons. The Labute approximate surface area is 99.6 Å². The first-order valence-corrected chi connectivity index (χ1v) is 6.98. The van der Waals surface area contributed by atoms with Crippen LogP contribution in [-0.4, -0.2) is 42.5 Å². The van der Waals surface area contributed by atoms with Crippen LogP contribution in [-0.2, 0) is 9.84 Å². The number of sulfone groups is 1. The van der Waals surface area contributed by atoms with Gasteiger partial charge in [-0.25, -0.2) is 18.2 Å². The average Bonchev–Trinajstić information content (AvgIpc) is 2.14. The molecular formula is C10H14N2O4S. The third kappa shape index (κ3) is 4.39. The summed E-state index contributed by atoms with van der Waals surface area (Å²) < 4.78 is 22.2. The van der Waals surface area contributed by atoms with E-state index < -0.39 is 15.8 Å². The fourth-order valence-electron chi connectivity index (χ4n) is 1.45. The van der Waals surface area contributed by atoms with Gasteiger partial charge in [0.1, 0.15) is 9.84 Å². The van der Waals surface area contributed by atoms with E-state index in [2.05, 4.69) is 10.3 Å². The summed E-state index contributed by atoms with van der Waals surface area (Å²) in [6.45, 7) is 1.67. The van der Waals surface area contributed by atoms with E-state index in [1.807, 2.05) is 0 Å². The highest BCUT2D eigenvalue weighted by Gasteiger charge is 2.15. The topological polar surface area (TPSA) is 96.4 Å². The molecule has 0 saturated heterocycles. The van der Waals surface area contributed by atoms with Crippen LogP contribution in [0.15, 0.2) is 18.3 Å². The summed E-state index contributed by atoms with van der Waals surface area (Å²) in [6.07, 6.45) is 2.50. The first kappa shape index (κ1) is 13.4. The zero-order chi connectivity index (χ0) is 13.1. The van der Waals surface area contributed by atoms with Crippen LogP contribution in [0.1, 0.15) is 17.4 Å². The number of aromatic carboxylic acids is 1. The number of pyridine rings is 1. The Balaban J connectivity index is 2.85.